The van der Waals surface area contributed by atoms with Crippen LogP contribution in [0.2, 0.25) is 0 Å². The van der Waals surface area contributed by atoms with Gasteiger partial charge in [-0.2, -0.15) is 0 Å². The lowest BCUT2D eigenvalue weighted by Gasteiger charge is -2.12. The van der Waals surface area contributed by atoms with E-state index in [1.165, 1.54) is 4.90 Å². The summed E-state index contributed by atoms with van der Waals surface area (Å²) < 4.78 is 23.9. The zero-order valence-corrected chi connectivity index (χ0v) is 8.04. The van der Waals surface area contributed by atoms with Crippen LogP contribution in [-0.2, 0) is 10.0 Å². The van der Waals surface area contributed by atoms with E-state index in [0.717, 1.165) is 6.26 Å². The van der Waals surface area contributed by atoms with Crippen LogP contribution >= 0.6 is 0 Å². The molecule has 7 heteroatoms. The van der Waals surface area contributed by atoms with Gasteiger partial charge in [-0.3, -0.25) is 0 Å². The molecule has 1 aliphatic rings. The third-order valence-electron chi connectivity index (χ3n) is 1.84. The van der Waals surface area contributed by atoms with Crippen molar-refractivity contribution in [1.82, 2.24) is 9.62 Å². The number of sulfonamides is 1. The molecule has 1 heterocycles. The Kier molecular flexibility index (Phi) is 2.77. The monoisotopic (exact) mass is 208 g/mol. The van der Waals surface area contributed by atoms with Crippen molar-refractivity contribution in [2.24, 2.45) is 0 Å². The molecule has 0 spiro atoms. The van der Waals surface area contributed by atoms with Crippen molar-refractivity contribution in [2.45, 2.75) is 12.5 Å². The molecule has 0 aliphatic carbocycles. The van der Waals surface area contributed by atoms with E-state index in [0.29, 0.717) is 13.0 Å². The minimum Gasteiger partial charge on any atom is -0.465 e. The van der Waals surface area contributed by atoms with E-state index in [2.05, 4.69) is 4.72 Å². The molecule has 76 valence electrons. The Balaban J connectivity index is 2.47. The van der Waals surface area contributed by atoms with Crippen LogP contribution in [0.15, 0.2) is 0 Å². The van der Waals surface area contributed by atoms with Crippen molar-refractivity contribution < 1.29 is 18.3 Å². The summed E-state index contributed by atoms with van der Waals surface area (Å²) in [6.45, 7) is 0.630. The Morgan fingerprint density at radius 3 is 2.62 bits per heavy atom. The minimum absolute atomic E-state index is 0.238. The fourth-order valence-electron chi connectivity index (χ4n) is 1.33. The van der Waals surface area contributed by atoms with Crippen LogP contribution in [0.3, 0.4) is 0 Å². The Bertz CT molecular complexity index is 300. The number of carboxylic acid groups (broad SMARTS) is 1. The predicted molar refractivity (Wildman–Crippen MR) is 46.0 cm³/mol. The summed E-state index contributed by atoms with van der Waals surface area (Å²) in [5, 5.41) is 8.58. The lowest BCUT2D eigenvalue weighted by Crippen LogP contribution is -2.37. The number of rotatable bonds is 2. The average Bonchev–Trinajstić information content (AvgIpc) is 2.31. The van der Waals surface area contributed by atoms with E-state index < -0.39 is 16.1 Å². The maximum absolute atomic E-state index is 10.8. The predicted octanol–water partition coefficient (Wildman–Crippen LogP) is -0.712. The van der Waals surface area contributed by atoms with Crippen LogP contribution in [0.5, 0.6) is 0 Å². The number of hydrogen-bond donors (Lipinski definition) is 2. The second-order valence-corrected chi connectivity index (χ2v) is 4.88. The number of carbonyl (C=O) groups is 1. The highest BCUT2D eigenvalue weighted by molar-refractivity contribution is 7.88. The smallest absolute Gasteiger partial charge is 0.407 e. The Labute approximate surface area is 76.6 Å². The molecule has 13 heavy (non-hydrogen) atoms. The largest absolute Gasteiger partial charge is 0.465 e. The summed E-state index contributed by atoms with van der Waals surface area (Å²) in [6.07, 6.45) is 0.605. The molecular weight excluding hydrogens is 196 g/mol. The maximum Gasteiger partial charge on any atom is 0.407 e. The molecule has 0 unspecified atom stereocenters. The molecule has 6 nitrogen and oxygen atoms in total. The number of nitrogens with one attached hydrogen (secondary N) is 1. The molecule has 1 rings (SSSR count). The van der Waals surface area contributed by atoms with Gasteiger partial charge in [0.15, 0.2) is 0 Å². The van der Waals surface area contributed by atoms with Gasteiger partial charge >= 0.3 is 6.09 Å². The topological polar surface area (TPSA) is 86.7 Å². The van der Waals surface area contributed by atoms with Crippen molar-refractivity contribution >= 4 is 16.1 Å². The minimum atomic E-state index is -3.23. The zero-order valence-electron chi connectivity index (χ0n) is 7.23. The van der Waals surface area contributed by atoms with Gasteiger partial charge in [-0.25, -0.2) is 17.9 Å². The maximum atomic E-state index is 10.8. The molecule has 1 fully saturated rings. The van der Waals surface area contributed by atoms with E-state index in [1.807, 2.05) is 0 Å². The van der Waals surface area contributed by atoms with Crippen LogP contribution in [-0.4, -0.2) is 49.9 Å². The molecule has 1 aliphatic heterocycles. The number of amides is 1. The van der Waals surface area contributed by atoms with Gasteiger partial charge in [0.2, 0.25) is 10.0 Å². The summed E-state index contributed by atoms with van der Waals surface area (Å²) in [4.78, 5) is 11.7. The second kappa shape index (κ2) is 3.51. The SMILES string of the molecule is CS(=O)(=O)N[C@H]1CCN(C(=O)O)C1. The third kappa shape index (κ3) is 3.19. The molecule has 1 atom stereocenters. The summed E-state index contributed by atoms with van der Waals surface area (Å²) in [5.74, 6) is 0. The Hall–Kier alpha value is -0.820. The quantitative estimate of drug-likeness (QED) is 0.627. The van der Waals surface area contributed by atoms with Gasteiger partial charge in [0.25, 0.3) is 0 Å². The molecule has 1 saturated heterocycles. The first kappa shape index (κ1) is 10.3. The van der Waals surface area contributed by atoms with E-state index in [1.54, 1.807) is 0 Å². The summed E-state index contributed by atoms with van der Waals surface area (Å²) in [7, 11) is -3.23. The van der Waals surface area contributed by atoms with Crippen molar-refractivity contribution in [1.29, 1.82) is 0 Å². The Morgan fingerprint density at radius 1 is 1.62 bits per heavy atom. The lowest BCUT2D eigenvalue weighted by atomic mass is 10.3. The van der Waals surface area contributed by atoms with E-state index in [4.69, 9.17) is 5.11 Å². The number of nitrogens with zero attached hydrogens (tertiary/aromatic N) is 1. The second-order valence-electron chi connectivity index (χ2n) is 3.10. The fourth-order valence-corrected chi connectivity index (χ4v) is 2.13. The van der Waals surface area contributed by atoms with Gasteiger partial charge in [-0.1, -0.05) is 0 Å². The highest BCUT2D eigenvalue weighted by atomic mass is 32.2. The van der Waals surface area contributed by atoms with Crippen LogP contribution in [0.4, 0.5) is 4.79 Å². The van der Waals surface area contributed by atoms with Crippen molar-refractivity contribution in [3.05, 3.63) is 0 Å². The first-order valence-corrected chi connectivity index (χ1v) is 5.73. The summed E-state index contributed by atoms with van der Waals surface area (Å²) in [5.41, 5.74) is 0. The number of hydrogen-bond acceptors (Lipinski definition) is 3. The summed E-state index contributed by atoms with van der Waals surface area (Å²) in [6, 6.07) is -0.272. The van der Waals surface area contributed by atoms with Crippen LogP contribution in [0.1, 0.15) is 6.42 Å². The van der Waals surface area contributed by atoms with Gasteiger partial charge in [-0.15, -0.1) is 0 Å². The molecule has 0 saturated carbocycles. The van der Waals surface area contributed by atoms with E-state index in [-0.39, 0.29) is 12.6 Å². The van der Waals surface area contributed by atoms with Crippen LogP contribution in [0, 0.1) is 0 Å². The molecule has 0 aromatic heterocycles. The molecular formula is C6H12N2O4S. The molecule has 0 radical (unpaired) electrons. The standard InChI is InChI=1S/C6H12N2O4S/c1-13(11,12)7-5-2-3-8(4-5)6(9)10/h5,7H,2-4H2,1H3,(H,9,10)/t5-/m0/s1. The highest BCUT2D eigenvalue weighted by Gasteiger charge is 2.27. The van der Waals surface area contributed by atoms with Gasteiger partial charge in [0.05, 0.1) is 6.26 Å². The van der Waals surface area contributed by atoms with Crippen molar-refractivity contribution in [2.75, 3.05) is 19.3 Å². The molecule has 0 aromatic rings. The molecule has 1 amide bonds. The summed E-state index contributed by atoms with van der Waals surface area (Å²) >= 11 is 0. The van der Waals surface area contributed by atoms with E-state index >= 15 is 0 Å². The first-order chi connectivity index (χ1) is 5.88. The zero-order chi connectivity index (χ0) is 10.1. The molecule has 0 bridgehead atoms. The number of likely N-dealkylation sites (tertiary alicyclic amines) is 1. The van der Waals surface area contributed by atoms with Gasteiger partial charge in [0, 0.05) is 19.1 Å². The van der Waals surface area contributed by atoms with Gasteiger partial charge in [-0.05, 0) is 6.42 Å². The fraction of sp³-hybridized carbons (Fsp3) is 0.833. The highest BCUT2D eigenvalue weighted by Crippen LogP contribution is 2.09. The van der Waals surface area contributed by atoms with E-state index in [9.17, 15) is 13.2 Å². The first-order valence-electron chi connectivity index (χ1n) is 3.83. The average molecular weight is 208 g/mol. The van der Waals surface area contributed by atoms with Crippen LogP contribution in [0.25, 0.3) is 0 Å². The van der Waals surface area contributed by atoms with Crippen molar-refractivity contribution in [3.63, 3.8) is 0 Å². The normalized spacial score (nSPS) is 23.5. The van der Waals surface area contributed by atoms with Crippen molar-refractivity contribution in [3.8, 4) is 0 Å². The Morgan fingerprint density at radius 2 is 2.23 bits per heavy atom. The lowest BCUT2D eigenvalue weighted by molar-refractivity contribution is 0.155. The molecule has 0 aromatic carbocycles. The third-order valence-corrected chi connectivity index (χ3v) is 2.60. The molecule has 2 N–H and O–H groups in total. The van der Waals surface area contributed by atoms with Gasteiger partial charge in [0.1, 0.15) is 0 Å². The van der Waals surface area contributed by atoms with Crippen LogP contribution < -0.4 is 4.72 Å². The van der Waals surface area contributed by atoms with Gasteiger partial charge < -0.3 is 10.0 Å².